The number of fused-ring (bicyclic) bond motifs is 2. The van der Waals surface area contributed by atoms with E-state index in [4.69, 9.17) is 0 Å². The van der Waals surface area contributed by atoms with Crippen molar-refractivity contribution in [1.29, 1.82) is 0 Å². The molecule has 0 saturated carbocycles. The van der Waals surface area contributed by atoms with Crippen molar-refractivity contribution in [2.45, 2.75) is 58.0 Å². The lowest BCUT2D eigenvalue weighted by Gasteiger charge is -2.26. The van der Waals surface area contributed by atoms with Gasteiger partial charge in [-0.15, -0.1) is 0 Å². The third-order valence-electron chi connectivity index (χ3n) is 5.81. The minimum Gasteiger partial charge on any atom is -0.342 e. The van der Waals surface area contributed by atoms with Gasteiger partial charge in [0, 0.05) is 32.4 Å². The summed E-state index contributed by atoms with van der Waals surface area (Å²) in [7, 11) is 0. The summed E-state index contributed by atoms with van der Waals surface area (Å²) in [6.45, 7) is 5.70. The van der Waals surface area contributed by atoms with Crippen molar-refractivity contribution in [3.05, 3.63) is 30.1 Å². The number of carbonyl (C=O) groups excluding carboxylic acids is 2. The lowest BCUT2D eigenvalue weighted by molar-refractivity contribution is -0.134. The Hall–Kier alpha value is -2.37. The van der Waals surface area contributed by atoms with E-state index in [1.807, 2.05) is 34.1 Å². The second kappa shape index (κ2) is 7.33. The van der Waals surface area contributed by atoms with Crippen LogP contribution in [0.4, 0.5) is 0 Å². The lowest BCUT2D eigenvalue weighted by Crippen LogP contribution is -2.41. The van der Waals surface area contributed by atoms with E-state index in [0.717, 1.165) is 42.8 Å². The predicted molar refractivity (Wildman–Crippen MR) is 104 cm³/mol. The first-order valence-corrected chi connectivity index (χ1v) is 10.1. The molecule has 6 heteroatoms. The van der Waals surface area contributed by atoms with E-state index in [0.29, 0.717) is 25.2 Å². The first-order valence-electron chi connectivity index (χ1n) is 10.1. The Bertz CT molecular complexity index is 811. The Morgan fingerprint density at radius 2 is 1.78 bits per heavy atom. The van der Waals surface area contributed by atoms with Crippen LogP contribution < -0.4 is 0 Å². The van der Waals surface area contributed by atoms with E-state index in [2.05, 4.69) is 23.8 Å². The minimum absolute atomic E-state index is 0.182. The summed E-state index contributed by atoms with van der Waals surface area (Å²) in [6.07, 6.45) is 3.50. The van der Waals surface area contributed by atoms with Crippen LogP contribution in [-0.4, -0.2) is 56.8 Å². The van der Waals surface area contributed by atoms with Crippen molar-refractivity contribution in [3.8, 4) is 0 Å². The highest BCUT2D eigenvalue weighted by atomic mass is 16.2. The number of carbonyl (C=O) groups is 2. The number of rotatable bonds is 5. The number of amides is 2. The van der Waals surface area contributed by atoms with Gasteiger partial charge in [0.05, 0.1) is 23.1 Å². The van der Waals surface area contributed by atoms with E-state index >= 15 is 0 Å². The molecule has 1 aromatic heterocycles. The number of aromatic nitrogens is 2. The lowest BCUT2D eigenvalue weighted by atomic mass is 10.1. The molecule has 2 aliphatic heterocycles. The van der Waals surface area contributed by atoms with E-state index in [-0.39, 0.29) is 23.9 Å². The molecule has 0 bridgehead atoms. The highest BCUT2D eigenvalue weighted by Crippen LogP contribution is 2.33. The molecule has 4 rings (SSSR count). The van der Waals surface area contributed by atoms with Crippen LogP contribution in [-0.2, 0) is 16.0 Å². The van der Waals surface area contributed by atoms with Gasteiger partial charge in [-0.1, -0.05) is 26.0 Å². The predicted octanol–water partition coefficient (Wildman–Crippen LogP) is 2.74. The smallest absolute Gasteiger partial charge is 0.223 e. The minimum atomic E-state index is 0.182. The molecule has 1 aromatic carbocycles. The van der Waals surface area contributed by atoms with Gasteiger partial charge in [-0.2, -0.15) is 0 Å². The quantitative estimate of drug-likeness (QED) is 0.882. The molecule has 0 unspecified atom stereocenters. The van der Waals surface area contributed by atoms with E-state index in [1.54, 1.807) is 0 Å². The highest BCUT2D eigenvalue weighted by Gasteiger charge is 2.45. The number of nitrogens with zero attached hydrogens (tertiary/aromatic N) is 3. The van der Waals surface area contributed by atoms with E-state index in [9.17, 15) is 9.59 Å². The Morgan fingerprint density at radius 1 is 1.11 bits per heavy atom. The summed E-state index contributed by atoms with van der Waals surface area (Å²) in [5.74, 6) is 1.66. The zero-order chi connectivity index (χ0) is 19.0. The Morgan fingerprint density at radius 3 is 2.44 bits per heavy atom. The van der Waals surface area contributed by atoms with Crippen LogP contribution in [0.1, 0.15) is 45.4 Å². The molecule has 2 aromatic rings. The number of benzene rings is 1. The van der Waals surface area contributed by atoms with Gasteiger partial charge in [0.2, 0.25) is 11.8 Å². The van der Waals surface area contributed by atoms with Crippen LogP contribution in [0.5, 0.6) is 0 Å². The molecule has 0 spiro atoms. The molecule has 27 heavy (non-hydrogen) atoms. The van der Waals surface area contributed by atoms with Crippen LogP contribution in [0.15, 0.2) is 24.3 Å². The fraction of sp³-hybridized carbons (Fsp3) is 0.571. The van der Waals surface area contributed by atoms with Crippen molar-refractivity contribution < 1.29 is 9.59 Å². The van der Waals surface area contributed by atoms with Crippen LogP contribution >= 0.6 is 0 Å². The Balaban J connectivity index is 1.35. The summed E-state index contributed by atoms with van der Waals surface area (Å²) in [6, 6.07) is 8.33. The first kappa shape index (κ1) is 18.0. The second-order valence-corrected chi connectivity index (χ2v) is 8.18. The number of para-hydroxylation sites is 2. The number of aryl methyl sites for hydroxylation is 1. The number of H-pyrrole nitrogens is 1. The summed E-state index contributed by atoms with van der Waals surface area (Å²) in [5.41, 5.74) is 1.95. The molecule has 2 aliphatic rings. The maximum atomic E-state index is 12.8. The largest absolute Gasteiger partial charge is 0.342 e. The average Bonchev–Trinajstić information content (AvgIpc) is 3.32. The van der Waals surface area contributed by atoms with Gasteiger partial charge in [-0.05, 0) is 30.9 Å². The van der Waals surface area contributed by atoms with Crippen molar-refractivity contribution in [2.75, 3.05) is 13.1 Å². The number of hydrogen-bond acceptors (Lipinski definition) is 3. The summed E-state index contributed by atoms with van der Waals surface area (Å²) in [4.78, 5) is 37.2. The molecule has 1 N–H and O–H groups in total. The van der Waals surface area contributed by atoms with Crippen molar-refractivity contribution in [1.82, 2.24) is 19.8 Å². The highest BCUT2D eigenvalue weighted by molar-refractivity contribution is 5.80. The number of likely N-dealkylation sites (tertiary alicyclic amines) is 2. The molecule has 2 fully saturated rings. The fourth-order valence-corrected chi connectivity index (χ4v) is 4.57. The Kier molecular flexibility index (Phi) is 4.89. The van der Waals surface area contributed by atoms with Crippen molar-refractivity contribution in [2.24, 2.45) is 5.92 Å². The summed E-state index contributed by atoms with van der Waals surface area (Å²) < 4.78 is 0. The third-order valence-corrected chi connectivity index (χ3v) is 5.81. The zero-order valence-corrected chi connectivity index (χ0v) is 16.1. The van der Waals surface area contributed by atoms with Crippen molar-refractivity contribution in [3.63, 3.8) is 0 Å². The maximum absolute atomic E-state index is 12.8. The van der Waals surface area contributed by atoms with Crippen molar-refractivity contribution >= 4 is 22.8 Å². The first-order chi connectivity index (χ1) is 13.0. The van der Waals surface area contributed by atoms with E-state index in [1.165, 1.54) is 0 Å². The van der Waals surface area contributed by atoms with E-state index < -0.39 is 0 Å². The number of hydrogen-bond donors (Lipinski definition) is 1. The maximum Gasteiger partial charge on any atom is 0.223 e. The van der Waals surface area contributed by atoms with Crippen LogP contribution in [0.2, 0.25) is 0 Å². The number of imidazole rings is 1. The Labute approximate surface area is 159 Å². The monoisotopic (exact) mass is 368 g/mol. The third kappa shape index (κ3) is 3.57. The summed E-state index contributed by atoms with van der Waals surface area (Å²) in [5, 5.41) is 0. The second-order valence-electron chi connectivity index (χ2n) is 8.18. The van der Waals surface area contributed by atoms with Gasteiger partial charge in [0.1, 0.15) is 5.82 Å². The van der Waals surface area contributed by atoms with Crippen LogP contribution in [0.25, 0.3) is 11.0 Å². The molecule has 3 heterocycles. The normalized spacial score (nSPS) is 22.0. The molecule has 6 nitrogen and oxygen atoms in total. The van der Waals surface area contributed by atoms with Crippen LogP contribution in [0, 0.1) is 5.92 Å². The molecule has 0 aliphatic carbocycles. The van der Waals surface area contributed by atoms with Gasteiger partial charge in [-0.25, -0.2) is 4.98 Å². The molecule has 2 amide bonds. The van der Waals surface area contributed by atoms with Gasteiger partial charge in [-0.3, -0.25) is 9.59 Å². The summed E-state index contributed by atoms with van der Waals surface area (Å²) >= 11 is 0. The average molecular weight is 368 g/mol. The molecule has 144 valence electrons. The topological polar surface area (TPSA) is 69.3 Å². The zero-order valence-electron chi connectivity index (χ0n) is 16.1. The van der Waals surface area contributed by atoms with Gasteiger partial charge < -0.3 is 14.8 Å². The molecule has 2 saturated heterocycles. The number of nitrogens with one attached hydrogen (secondary N) is 1. The number of aromatic amines is 1. The van der Waals surface area contributed by atoms with Gasteiger partial charge in [0.15, 0.2) is 0 Å². The van der Waals surface area contributed by atoms with Gasteiger partial charge >= 0.3 is 0 Å². The molecular weight excluding hydrogens is 340 g/mol. The fourth-order valence-electron chi connectivity index (χ4n) is 4.57. The van der Waals surface area contributed by atoms with Crippen LogP contribution in [0.3, 0.4) is 0 Å². The molecule has 2 atom stereocenters. The van der Waals surface area contributed by atoms with Gasteiger partial charge in [0.25, 0.3) is 0 Å². The standard InChI is InChI=1S/C21H28N4O2/c1-14(2)13-21(27)25-12-10-17-18(25)9-11-24(17)20(26)8-7-19-22-15-5-3-4-6-16(15)23-19/h3-6,14,17-18H,7-13H2,1-2H3,(H,22,23)/t17-,18-/m0/s1. The SMILES string of the molecule is CC(C)CC(=O)N1CC[C@H]2[C@@H]1CCN2C(=O)CCc1nc2ccccc2[nH]1. The molecule has 0 radical (unpaired) electrons. The molecular formula is C21H28N4O2.